The van der Waals surface area contributed by atoms with Crippen molar-refractivity contribution >= 4 is 28.6 Å². The molecule has 2 heterocycles. The average molecular weight is 240 g/mol. The van der Waals surface area contributed by atoms with Crippen molar-refractivity contribution in [1.29, 1.82) is 0 Å². The molecule has 0 atom stereocenters. The Morgan fingerprint density at radius 3 is 3.12 bits per heavy atom. The van der Waals surface area contributed by atoms with E-state index in [1.807, 2.05) is 0 Å². The monoisotopic (exact) mass is 239 g/mol. The number of halogens is 1. The molecular formula is C10H10ClN3O2. The van der Waals surface area contributed by atoms with Gasteiger partial charge in [0.1, 0.15) is 17.1 Å². The average Bonchev–Trinajstić information content (AvgIpc) is 2.62. The van der Waals surface area contributed by atoms with E-state index in [2.05, 4.69) is 15.0 Å². The molecule has 0 bridgehead atoms. The summed E-state index contributed by atoms with van der Waals surface area (Å²) in [5, 5.41) is 1.19. The topological polar surface area (TPSA) is 67.9 Å². The highest BCUT2D eigenvalue weighted by Gasteiger charge is 2.09. The van der Waals surface area contributed by atoms with Crippen LogP contribution >= 0.6 is 11.6 Å². The van der Waals surface area contributed by atoms with E-state index < -0.39 is 0 Å². The highest BCUT2D eigenvalue weighted by Crippen LogP contribution is 2.23. The summed E-state index contributed by atoms with van der Waals surface area (Å²) in [5.74, 6) is -0.290. The molecule has 0 aromatic carbocycles. The number of carbonyl (C=O) groups excluding carboxylic acids is 1. The predicted octanol–water partition coefficient (Wildman–Crippen LogP) is 1.72. The van der Waals surface area contributed by atoms with Crippen molar-refractivity contribution in [3.8, 4) is 0 Å². The normalized spacial score (nSPS) is 10.6. The van der Waals surface area contributed by atoms with Crippen molar-refractivity contribution in [2.45, 2.75) is 13.3 Å². The molecule has 0 aliphatic heterocycles. The molecular weight excluding hydrogens is 230 g/mol. The Labute approximate surface area is 96.8 Å². The first-order chi connectivity index (χ1) is 7.68. The largest absolute Gasteiger partial charge is 0.466 e. The standard InChI is InChI=1S/C10H10ClN3O2/c1-6(15)16-3-2-7-4-12-10-8(7)9(11)13-5-14-10/h4-5H,2-3H2,1H3,(H,12,13,14). The number of ether oxygens (including phenoxy) is 1. The first-order valence-corrected chi connectivity index (χ1v) is 5.16. The van der Waals surface area contributed by atoms with E-state index in [1.54, 1.807) is 6.20 Å². The van der Waals surface area contributed by atoms with Crippen LogP contribution in [0.4, 0.5) is 0 Å². The molecule has 0 aliphatic carbocycles. The number of nitrogens with one attached hydrogen (secondary N) is 1. The Morgan fingerprint density at radius 1 is 1.56 bits per heavy atom. The predicted molar refractivity (Wildman–Crippen MR) is 59.2 cm³/mol. The summed E-state index contributed by atoms with van der Waals surface area (Å²) in [7, 11) is 0. The van der Waals surface area contributed by atoms with Crippen molar-refractivity contribution in [2.75, 3.05) is 6.61 Å². The van der Waals surface area contributed by atoms with E-state index in [9.17, 15) is 4.79 Å². The van der Waals surface area contributed by atoms with Crippen LogP contribution in [0.15, 0.2) is 12.5 Å². The van der Waals surface area contributed by atoms with Gasteiger partial charge in [-0.1, -0.05) is 11.6 Å². The van der Waals surface area contributed by atoms with Crippen molar-refractivity contribution in [3.05, 3.63) is 23.2 Å². The third kappa shape index (κ3) is 2.14. The van der Waals surface area contributed by atoms with Crippen LogP contribution < -0.4 is 0 Å². The lowest BCUT2D eigenvalue weighted by Crippen LogP contribution is -2.03. The van der Waals surface area contributed by atoms with Crippen molar-refractivity contribution in [3.63, 3.8) is 0 Å². The minimum atomic E-state index is -0.290. The second kappa shape index (κ2) is 4.49. The molecule has 0 spiro atoms. The summed E-state index contributed by atoms with van der Waals surface area (Å²) >= 11 is 5.97. The zero-order valence-electron chi connectivity index (χ0n) is 8.66. The summed E-state index contributed by atoms with van der Waals surface area (Å²) in [6.07, 6.45) is 3.79. The summed E-state index contributed by atoms with van der Waals surface area (Å²) in [5.41, 5.74) is 1.64. The van der Waals surface area contributed by atoms with Gasteiger partial charge in [-0.15, -0.1) is 0 Å². The quantitative estimate of drug-likeness (QED) is 0.654. The number of esters is 1. The Kier molecular flexibility index (Phi) is 3.05. The molecule has 0 saturated carbocycles. The number of aromatic amines is 1. The van der Waals surface area contributed by atoms with Gasteiger partial charge in [-0.05, 0) is 5.56 Å². The van der Waals surface area contributed by atoms with E-state index in [-0.39, 0.29) is 5.97 Å². The van der Waals surface area contributed by atoms with Crippen LogP contribution in [0.1, 0.15) is 12.5 Å². The molecule has 5 nitrogen and oxygen atoms in total. The third-order valence-corrected chi connectivity index (χ3v) is 2.47. The summed E-state index contributed by atoms with van der Waals surface area (Å²) < 4.78 is 4.87. The maximum absolute atomic E-state index is 10.6. The van der Waals surface area contributed by atoms with Crippen LogP contribution in [0.2, 0.25) is 5.15 Å². The molecule has 0 aliphatic rings. The lowest BCUT2D eigenvalue weighted by Gasteiger charge is -2.01. The molecule has 0 fully saturated rings. The van der Waals surface area contributed by atoms with Crippen LogP contribution in [0.5, 0.6) is 0 Å². The van der Waals surface area contributed by atoms with Crippen molar-refractivity contribution in [2.24, 2.45) is 0 Å². The molecule has 2 rings (SSSR count). The lowest BCUT2D eigenvalue weighted by atomic mass is 10.2. The molecule has 0 unspecified atom stereocenters. The Hall–Kier alpha value is -1.62. The zero-order valence-corrected chi connectivity index (χ0v) is 9.41. The molecule has 0 amide bonds. The van der Waals surface area contributed by atoms with Crippen molar-refractivity contribution in [1.82, 2.24) is 15.0 Å². The van der Waals surface area contributed by atoms with Gasteiger partial charge in [0, 0.05) is 19.5 Å². The molecule has 0 saturated heterocycles. The van der Waals surface area contributed by atoms with Crippen LogP contribution in [-0.2, 0) is 16.0 Å². The maximum atomic E-state index is 10.6. The minimum absolute atomic E-state index is 0.290. The second-order valence-corrected chi connectivity index (χ2v) is 3.65. The van der Waals surface area contributed by atoms with E-state index in [0.717, 1.165) is 10.9 Å². The fourth-order valence-corrected chi connectivity index (χ4v) is 1.74. The molecule has 1 N–H and O–H groups in total. The molecule has 2 aromatic rings. The van der Waals surface area contributed by atoms with Crippen LogP contribution in [0, 0.1) is 0 Å². The molecule has 6 heteroatoms. The number of carbonyl (C=O) groups is 1. The van der Waals surface area contributed by atoms with E-state index in [4.69, 9.17) is 16.3 Å². The van der Waals surface area contributed by atoms with Crippen molar-refractivity contribution < 1.29 is 9.53 Å². The van der Waals surface area contributed by atoms with Gasteiger partial charge >= 0.3 is 5.97 Å². The zero-order chi connectivity index (χ0) is 11.5. The maximum Gasteiger partial charge on any atom is 0.302 e. The summed E-state index contributed by atoms with van der Waals surface area (Å²) in [6, 6.07) is 0. The molecule has 0 radical (unpaired) electrons. The van der Waals surface area contributed by atoms with Gasteiger partial charge in [-0.2, -0.15) is 0 Å². The number of rotatable bonds is 3. The highest BCUT2D eigenvalue weighted by molar-refractivity contribution is 6.34. The number of aromatic nitrogens is 3. The molecule has 2 aromatic heterocycles. The summed E-state index contributed by atoms with van der Waals surface area (Å²) in [6.45, 7) is 1.71. The fraction of sp³-hybridized carbons (Fsp3) is 0.300. The van der Waals surface area contributed by atoms with Gasteiger partial charge in [0.05, 0.1) is 12.0 Å². The minimum Gasteiger partial charge on any atom is -0.466 e. The fourth-order valence-electron chi connectivity index (χ4n) is 1.49. The van der Waals surface area contributed by atoms with Crippen LogP contribution in [-0.4, -0.2) is 27.5 Å². The summed E-state index contributed by atoms with van der Waals surface area (Å²) in [4.78, 5) is 21.6. The molecule has 16 heavy (non-hydrogen) atoms. The lowest BCUT2D eigenvalue weighted by molar-refractivity contribution is -0.140. The van der Waals surface area contributed by atoms with Gasteiger partial charge in [0.15, 0.2) is 0 Å². The Balaban J connectivity index is 2.21. The first-order valence-electron chi connectivity index (χ1n) is 4.78. The highest BCUT2D eigenvalue weighted by atomic mass is 35.5. The number of fused-ring (bicyclic) bond motifs is 1. The third-order valence-electron chi connectivity index (χ3n) is 2.18. The Bertz CT molecular complexity index is 524. The second-order valence-electron chi connectivity index (χ2n) is 3.29. The van der Waals surface area contributed by atoms with E-state index in [1.165, 1.54) is 13.3 Å². The first kappa shape index (κ1) is 10.9. The van der Waals surface area contributed by atoms with Gasteiger partial charge < -0.3 is 9.72 Å². The van der Waals surface area contributed by atoms with E-state index >= 15 is 0 Å². The van der Waals surface area contributed by atoms with Gasteiger partial charge in [0.2, 0.25) is 0 Å². The number of hydrogen-bond donors (Lipinski definition) is 1. The van der Waals surface area contributed by atoms with Gasteiger partial charge in [-0.25, -0.2) is 9.97 Å². The number of hydrogen-bond acceptors (Lipinski definition) is 4. The SMILES string of the molecule is CC(=O)OCCc1c[nH]c2ncnc(Cl)c12. The van der Waals surface area contributed by atoms with E-state index in [0.29, 0.717) is 23.8 Å². The number of nitrogens with zero attached hydrogens (tertiary/aromatic N) is 2. The smallest absolute Gasteiger partial charge is 0.302 e. The molecule has 84 valence electrons. The number of H-pyrrole nitrogens is 1. The Morgan fingerprint density at radius 2 is 2.38 bits per heavy atom. The van der Waals surface area contributed by atoms with Gasteiger partial charge in [-0.3, -0.25) is 4.79 Å². The van der Waals surface area contributed by atoms with Crippen LogP contribution in [0.25, 0.3) is 11.0 Å². The van der Waals surface area contributed by atoms with Gasteiger partial charge in [0.25, 0.3) is 0 Å². The van der Waals surface area contributed by atoms with Crippen LogP contribution in [0.3, 0.4) is 0 Å².